The van der Waals surface area contributed by atoms with Gasteiger partial charge in [-0.1, -0.05) is 0 Å². The zero-order valence-corrected chi connectivity index (χ0v) is 9.50. The molecular formula is C9H11BrN2O2. The maximum absolute atomic E-state index is 10.8. The zero-order valence-electron chi connectivity index (χ0n) is 7.91. The quantitative estimate of drug-likeness (QED) is 0.794. The second-order valence-electron chi connectivity index (χ2n) is 3.09. The van der Waals surface area contributed by atoms with Gasteiger partial charge in [0.05, 0.1) is 11.3 Å². The standard InChI is InChI=1S/C9H11BrN2O2/c1-12(2)8-3-5(9(13)14)7(11)4-6(8)10/h3-4H,11H2,1-2H3,(H,13,14). The highest BCUT2D eigenvalue weighted by molar-refractivity contribution is 9.10. The normalized spacial score (nSPS) is 9.93. The van der Waals surface area contributed by atoms with E-state index in [9.17, 15) is 4.79 Å². The van der Waals surface area contributed by atoms with Crippen LogP contribution in [-0.2, 0) is 0 Å². The summed E-state index contributed by atoms with van der Waals surface area (Å²) in [6.07, 6.45) is 0. The molecule has 0 aliphatic rings. The number of carbonyl (C=O) groups is 1. The van der Waals surface area contributed by atoms with Crippen LogP contribution < -0.4 is 10.6 Å². The zero-order chi connectivity index (χ0) is 10.9. The van der Waals surface area contributed by atoms with Crippen molar-refractivity contribution >= 4 is 33.3 Å². The molecule has 0 fully saturated rings. The van der Waals surface area contributed by atoms with Crippen molar-refractivity contribution in [1.29, 1.82) is 0 Å². The Balaban J connectivity index is 3.34. The summed E-state index contributed by atoms with van der Waals surface area (Å²) < 4.78 is 0.782. The summed E-state index contributed by atoms with van der Waals surface area (Å²) >= 11 is 3.32. The van der Waals surface area contributed by atoms with Crippen LogP contribution >= 0.6 is 15.9 Å². The van der Waals surface area contributed by atoms with Gasteiger partial charge in [-0.25, -0.2) is 4.79 Å². The molecule has 0 aliphatic carbocycles. The topological polar surface area (TPSA) is 66.6 Å². The van der Waals surface area contributed by atoms with Gasteiger partial charge in [-0.2, -0.15) is 0 Å². The van der Waals surface area contributed by atoms with E-state index in [1.807, 2.05) is 19.0 Å². The fraction of sp³-hybridized carbons (Fsp3) is 0.222. The third kappa shape index (κ3) is 1.98. The van der Waals surface area contributed by atoms with Crippen molar-refractivity contribution in [3.8, 4) is 0 Å². The molecule has 0 bridgehead atoms. The molecule has 0 saturated heterocycles. The number of rotatable bonds is 2. The minimum Gasteiger partial charge on any atom is -0.478 e. The van der Waals surface area contributed by atoms with Crippen molar-refractivity contribution in [2.45, 2.75) is 0 Å². The number of anilines is 2. The van der Waals surface area contributed by atoms with Crippen LogP contribution in [0.1, 0.15) is 10.4 Å². The van der Waals surface area contributed by atoms with Gasteiger partial charge in [0.2, 0.25) is 0 Å². The minimum absolute atomic E-state index is 0.122. The number of halogens is 1. The second-order valence-corrected chi connectivity index (χ2v) is 3.94. The monoisotopic (exact) mass is 258 g/mol. The molecule has 4 nitrogen and oxygen atoms in total. The lowest BCUT2D eigenvalue weighted by atomic mass is 10.1. The Hall–Kier alpha value is -1.23. The lowest BCUT2D eigenvalue weighted by Gasteiger charge is -2.16. The van der Waals surface area contributed by atoms with Crippen molar-refractivity contribution < 1.29 is 9.90 Å². The van der Waals surface area contributed by atoms with E-state index in [1.165, 1.54) is 0 Å². The van der Waals surface area contributed by atoms with Crippen LogP contribution in [0.3, 0.4) is 0 Å². The highest BCUT2D eigenvalue weighted by atomic mass is 79.9. The molecule has 3 N–H and O–H groups in total. The van der Waals surface area contributed by atoms with Gasteiger partial charge < -0.3 is 15.7 Å². The maximum atomic E-state index is 10.8. The van der Waals surface area contributed by atoms with Crippen LogP contribution in [0.15, 0.2) is 16.6 Å². The number of nitrogens with zero attached hydrogens (tertiary/aromatic N) is 1. The van der Waals surface area contributed by atoms with E-state index in [0.29, 0.717) is 0 Å². The summed E-state index contributed by atoms with van der Waals surface area (Å²) in [5.41, 5.74) is 6.73. The van der Waals surface area contributed by atoms with Gasteiger partial charge in [0.25, 0.3) is 0 Å². The highest BCUT2D eigenvalue weighted by Crippen LogP contribution is 2.29. The summed E-state index contributed by atoms with van der Waals surface area (Å²) in [6, 6.07) is 3.14. The molecule has 1 aromatic rings. The SMILES string of the molecule is CN(C)c1cc(C(=O)O)c(N)cc1Br. The molecule has 1 rings (SSSR count). The van der Waals surface area contributed by atoms with Crippen molar-refractivity contribution in [1.82, 2.24) is 0 Å². The first kappa shape index (κ1) is 10.8. The van der Waals surface area contributed by atoms with Crippen molar-refractivity contribution in [2.75, 3.05) is 24.7 Å². The largest absolute Gasteiger partial charge is 0.478 e. The van der Waals surface area contributed by atoms with E-state index in [4.69, 9.17) is 10.8 Å². The lowest BCUT2D eigenvalue weighted by Crippen LogP contribution is -2.12. The number of carboxylic acid groups (broad SMARTS) is 1. The van der Waals surface area contributed by atoms with Crippen LogP contribution in [0.5, 0.6) is 0 Å². The minimum atomic E-state index is -1.02. The predicted molar refractivity (Wildman–Crippen MR) is 59.8 cm³/mol. The molecule has 0 aromatic heterocycles. The van der Waals surface area contributed by atoms with Gasteiger partial charge in [0, 0.05) is 24.3 Å². The maximum Gasteiger partial charge on any atom is 0.337 e. The highest BCUT2D eigenvalue weighted by Gasteiger charge is 2.12. The average molecular weight is 259 g/mol. The Kier molecular flexibility index (Phi) is 3.00. The first-order chi connectivity index (χ1) is 6.43. The van der Waals surface area contributed by atoms with Gasteiger partial charge in [-0.3, -0.25) is 0 Å². The molecule has 0 heterocycles. The summed E-state index contributed by atoms with van der Waals surface area (Å²) in [5.74, 6) is -1.02. The molecule has 1 aromatic carbocycles. The molecule has 0 unspecified atom stereocenters. The number of benzene rings is 1. The summed E-state index contributed by atoms with van der Waals surface area (Å²) in [6.45, 7) is 0. The second kappa shape index (κ2) is 3.88. The Labute approximate surface area is 90.4 Å². The number of hydrogen-bond donors (Lipinski definition) is 2. The van der Waals surface area contributed by atoms with Crippen LogP contribution in [0.4, 0.5) is 11.4 Å². The third-order valence-corrected chi connectivity index (χ3v) is 2.47. The Morgan fingerprint density at radius 1 is 1.50 bits per heavy atom. The molecule has 76 valence electrons. The number of carboxylic acids is 1. The fourth-order valence-electron chi connectivity index (χ4n) is 1.11. The summed E-state index contributed by atoms with van der Waals surface area (Å²) in [7, 11) is 3.67. The average Bonchev–Trinajstić information content (AvgIpc) is 2.02. The number of aromatic carboxylic acids is 1. The van der Waals surface area contributed by atoms with Crippen LogP contribution in [0, 0.1) is 0 Å². The first-order valence-corrected chi connectivity index (χ1v) is 4.72. The van der Waals surface area contributed by atoms with Gasteiger partial charge >= 0.3 is 5.97 Å². The Morgan fingerprint density at radius 3 is 2.50 bits per heavy atom. The molecule has 0 saturated carbocycles. The van der Waals surface area contributed by atoms with Gasteiger partial charge in [-0.15, -0.1) is 0 Å². The van der Waals surface area contributed by atoms with Gasteiger partial charge in [0.15, 0.2) is 0 Å². The van der Waals surface area contributed by atoms with Gasteiger partial charge in [-0.05, 0) is 28.1 Å². The third-order valence-electron chi connectivity index (χ3n) is 1.83. The van der Waals surface area contributed by atoms with Crippen LogP contribution in [0.25, 0.3) is 0 Å². The van der Waals surface area contributed by atoms with Gasteiger partial charge in [0.1, 0.15) is 0 Å². The summed E-state index contributed by atoms with van der Waals surface area (Å²) in [4.78, 5) is 12.6. The van der Waals surface area contributed by atoms with E-state index in [2.05, 4.69) is 15.9 Å². The predicted octanol–water partition coefficient (Wildman–Crippen LogP) is 1.80. The smallest absolute Gasteiger partial charge is 0.337 e. The van der Waals surface area contributed by atoms with E-state index in [0.717, 1.165) is 10.2 Å². The molecular weight excluding hydrogens is 248 g/mol. The van der Waals surface area contributed by atoms with E-state index >= 15 is 0 Å². The molecule has 0 aliphatic heterocycles. The number of hydrogen-bond acceptors (Lipinski definition) is 3. The van der Waals surface area contributed by atoms with E-state index in [1.54, 1.807) is 12.1 Å². The Bertz CT molecular complexity index is 377. The van der Waals surface area contributed by atoms with Crippen LogP contribution in [-0.4, -0.2) is 25.2 Å². The lowest BCUT2D eigenvalue weighted by molar-refractivity contribution is 0.0698. The van der Waals surface area contributed by atoms with Crippen molar-refractivity contribution in [3.05, 3.63) is 22.2 Å². The molecule has 14 heavy (non-hydrogen) atoms. The van der Waals surface area contributed by atoms with Crippen LogP contribution in [0.2, 0.25) is 0 Å². The van der Waals surface area contributed by atoms with Crippen molar-refractivity contribution in [2.24, 2.45) is 0 Å². The number of nitrogen functional groups attached to an aromatic ring is 1. The molecule has 5 heteroatoms. The molecule has 0 radical (unpaired) electrons. The first-order valence-electron chi connectivity index (χ1n) is 3.93. The number of nitrogens with two attached hydrogens (primary N) is 1. The molecule has 0 spiro atoms. The van der Waals surface area contributed by atoms with E-state index in [-0.39, 0.29) is 11.3 Å². The summed E-state index contributed by atoms with van der Waals surface area (Å²) in [5, 5.41) is 8.85. The Morgan fingerprint density at radius 2 is 2.07 bits per heavy atom. The fourth-order valence-corrected chi connectivity index (χ4v) is 1.82. The van der Waals surface area contributed by atoms with E-state index < -0.39 is 5.97 Å². The molecule has 0 atom stereocenters. The molecule has 0 amide bonds. The van der Waals surface area contributed by atoms with Crippen molar-refractivity contribution in [3.63, 3.8) is 0 Å².